The minimum absolute atomic E-state index is 0.168. The Morgan fingerprint density at radius 1 is 0.806 bits per heavy atom. The van der Waals surface area contributed by atoms with Crippen LogP contribution in [-0.4, -0.2) is 5.78 Å². The van der Waals surface area contributed by atoms with E-state index in [1.54, 1.807) is 11.1 Å². The molecule has 4 fully saturated rings. The third kappa shape index (κ3) is 2.53. The zero-order valence-electron chi connectivity index (χ0n) is 21.5. The van der Waals surface area contributed by atoms with E-state index in [2.05, 4.69) is 67.5 Å². The highest BCUT2D eigenvalue weighted by atomic mass is 16.1. The van der Waals surface area contributed by atoms with E-state index in [4.69, 9.17) is 0 Å². The van der Waals surface area contributed by atoms with Crippen LogP contribution in [0.15, 0.2) is 23.3 Å². The Labute approximate surface area is 191 Å². The molecule has 0 spiro atoms. The first-order valence-corrected chi connectivity index (χ1v) is 13.3. The molecule has 0 N–H and O–H groups in total. The molecule has 31 heavy (non-hydrogen) atoms. The summed E-state index contributed by atoms with van der Waals surface area (Å²) in [5.74, 6) is 3.33. The number of carbonyl (C=O) groups excluding carboxylic acids is 1. The van der Waals surface area contributed by atoms with Gasteiger partial charge >= 0.3 is 0 Å². The summed E-state index contributed by atoms with van der Waals surface area (Å²) in [6.45, 7) is 19.9. The van der Waals surface area contributed by atoms with E-state index in [9.17, 15) is 4.79 Å². The van der Waals surface area contributed by atoms with E-state index in [0.717, 1.165) is 30.6 Å². The second-order valence-corrected chi connectivity index (χ2v) is 14.0. The van der Waals surface area contributed by atoms with Crippen molar-refractivity contribution in [3.63, 3.8) is 0 Å². The van der Waals surface area contributed by atoms with E-state index in [1.807, 2.05) is 0 Å². The molecule has 0 aromatic carbocycles. The molecule has 1 heteroatoms. The number of hydrogen-bond donors (Lipinski definition) is 0. The highest BCUT2D eigenvalue weighted by molar-refractivity contribution is 5.85. The summed E-state index contributed by atoms with van der Waals surface area (Å²) in [7, 11) is 0. The second-order valence-electron chi connectivity index (χ2n) is 14.0. The monoisotopic (exact) mass is 422 g/mol. The molecule has 0 saturated heterocycles. The van der Waals surface area contributed by atoms with Gasteiger partial charge in [0.2, 0.25) is 0 Å². The first-order valence-electron chi connectivity index (χ1n) is 13.3. The molecule has 0 heterocycles. The Hall–Kier alpha value is -0.850. The van der Waals surface area contributed by atoms with Crippen LogP contribution in [0.3, 0.4) is 0 Å². The topological polar surface area (TPSA) is 17.1 Å². The molecule has 0 radical (unpaired) electrons. The number of ketones is 1. The number of allylic oxidation sites excluding steroid dienone is 4. The van der Waals surface area contributed by atoms with Gasteiger partial charge in [0.15, 0.2) is 0 Å². The van der Waals surface area contributed by atoms with E-state index >= 15 is 0 Å². The maximum Gasteiger partial charge on any atom is 0.138 e. The van der Waals surface area contributed by atoms with Crippen molar-refractivity contribution >= 4 is 5.78 Å². The van der Waals surface area contributed by atoms with Gasteiger partial charge in [0, 0.05) is 11.8 Å². The van der Waals surface area contributed by atoms with Crippen molar-refractivity contribution in [1.29, 1.82) is 0 Å². The average Bonchev–Trinajstić information content (AvgIpc) is 2.69. The Morgan fingerprint density at radius 3 is 2.23 bits per heavy atom. The van der Waals surface area contributed by atoms with Gasteiger partial charge < -0.3 is 0 Å². The first kappa shape index (κ1) is 22.0. The number of carbonyl (C=O) groups is 1. The lowest BCUT2D eigenvalue weighted by atomic mass is 9.36. The van der Waals surface area contributed by atoms with Crippen LogP contribution in [0, 0.1) is 50.7 Å². The highest BCUT2D eigenvalue weighted by Crippen LogP contribution is 2.74. The van der Waals surface area contributed by atoms with Crippen molar-refractivity contribution in [2.24, 2.45) is 50.7 Å². The van der Waals surface area contributed by atoms with Crippen LogP contribution in [-0.2, 0) is 4.79 Å². The molecule has 1 nitrogen and oxygen atoms in total. The maximum atomic E-state index is 12.9. The zero-order chi connectivity index (χ0) is 22.6. The zero-order valence-corrected chi connectivity index (χ0v) is 21.5. The van der Waals surface area contributed by atoms with Crippen molar-refractivity contribution in [3.05, 3.63) is 23.3 Å². The molecule has 0 bridgehead atoms. The van der Waals surface area contributed by atoms with Crippen molar-refractivity contribution < 1.29 is 4.79 Å². The predicted octanol–water partition coefficient (Wildman–Crippen LogP) is 8.15. The summed E-state index contributed by atoms with van der Waals surface area (Å²) in [5.41, 5.74) is 4.47. The van der Waals surface area contributed by atoms with E-state index < -0.39 is 0 Å². The lowest BCUT2D eigenvalue weighted by molar-refractivity contribution is -0.144. The lowest BCUT2D eigenvalue weighted by Gasteiger charge is -2.68. The fourth-order valence-electron chi connectivity index (χ4n) is 9.96. The molecule has 5 aliphatic rings. The average molecular weight is 423 g/mol. The Morgan fingerprint density at radius 2 is 1.52 bits per heavy atom. The largest absolute Gasteiger partial charge is 0.299 e. The van der Waals surface area contributed by atoms with Crippen molar-refractivity contribution in [2.75, 3.05) is 0 Å². The van der Waals surface area contributed by atoms with Gasteiger partial charge in [-0.15, -0.1) is 0 Å². The molecule has 5 rings (SSSR count). The van der Waals surface area contributed by atoms with Gasteiger partial charge in [0.1, 0.15) is 5.78 Å². The minimum atomic E-state index is -0.182. The van der Waals surface area contributed by atoms with Crippen LogP contribution in [0.4, 0.5) is 0 Å². The van der Waals surface area contributed by atoms with Gasteiger partial charge in [-0.3, -0.25) is 4.79 Å². The highest BCUT2D eigenvalue weighted by Gasteiger charge is 2.65. The Kier molecular flexibility index (Phi) is 4.52. The quantitative estimate of drug-likeness (QED) is 0.385. The van der Waals surface area contributed by atoms with Crippen LogP contribution in [0.1, 0.15) is 107 Å². The molecular weight excluding hydrogens is 376 g/mol. The van der Waals surface area contributed by atoms with Gasteiger partial charge in [-0.05, 0) is 90.3 Å². The number of hydrogen-bond acceptors (Lipinski definition) is 1. The number of rotatable bonds is 0. The van der Waals surface area contributed by atoms with Crippen LogP contribution >= 0.6 is 0 Å². The van der Waals surface area contributed by atoms with Gasteiger partial charge in [0.25, 0.3) is 0 Å². The fraction of sp³-hybridized carbons (Fsp3) is 0.833. The smallest absolute Gasteiger partial charge is 0.138 e. The minimum Gasteiger partial charge on any atom is -0.299 e. The van der Waals surface area contributed by atoms with Crippen molar-refractivity contribution in [1.82, 2.24) is 0 Å². The number of Topliss-reactive ketones (excluding diaryl/α,β-unsaturated/α-hetero) is 1. The lowest BCUT2D eigenvalue weighted by Crippen LogP contribution is -2.60. The summed E-state index contributed by atoms with van der Waals surface area (Å²) in [5, 5.41) is 0. The molecule has 8 atom stereocenters. The van der Waals surface area contributed by atoms with E-state index in [0.29, 0.717) is 17.1 Å². The van der Waals surface area contributed by atoms with Gasteiger partial charge in [-0.25, -0.2) is 0 Å². The standard InChI is InChI=1S/C30H46O/c1-19-11-14-27(5)17-18-29(7)21(25(27)20(19)2)9-10-23-28(6)15-13-24(31)26(3,4)22(28)12-16-30(23,29)8/h9-10,19-20,22,25H,11-18H2,1-8H3. The Bertz CT molecular complexity index is 875. The SMILES string of the molecule is CC1CCC2(C)CCC3(C)C(=CC=C4C5(C)CCC(=O)C(C)(C)C5CCC43C)C2C1C. The summed E-state index contributed by atoms with van der Waals surface area (Å²) in [4.78, 5) is 12.9. The maximum absolute atomic E-state index is 12.9. The normalized spacial score (nSPS) is 53.4. The van der Waals surface area contributed by atoms with Crippen LogP contribution in [0.2, 0.25) is 0 Å². The van der Waals surface area contributed by atoms with Crippen LogP contribution in [0.25, 0.3) is 0 Å². The van der Waals surface area contributed by atoms with Crippen LogP contribution in [0.5, 0.6) is 0 Å². The molecule has 4 saturated carbocycles. The molecule has 0 amide bonds. The third-order valence-corrected chi connectivity index (χ3v) is 12.5. The summed E-state index contributed by atoms with van der Waals surface area (Å²) in [6.07, 6.45) is 15.0. The molecule has 8 unspecified atom stereocenters. The number of fused-ring (bicyclic) bond motifs is 7. The summed E-state index contributed by atoms with van der Waals surface area (Å²) < 4.78 is 0. The van der Waals surface area contributed by atoms with Crippen molar-refractivity contribution in [3.8, 4) is 0 Å². The summed E-state index contributed by atoms with van der Waals surface area (Å²) in [6, 6.07) is 0. The summed E-state index contributed by atoms with van der Waals surface area (Å²) >= 11 is 0. The van der Waals surface area contributed by atoms with E-state index in [-0.39, 0.29) is 21.7 Å². The van der Waals surface area contributed by atoms with Gasteiger partial charge in [-0.2, -0.15) is 0 Å². The first-order chi connectivity index (χ1) is 14.3. The molecule has 172 valence electrons. The van der Waals surface area contributed by atoms with Gasteiger partial charge in [-0.1, -0.05) is 78.7 Å². The fourth-order valence-corrected chi connectivity index (χ4v) is 9.96. The molecule has 0 aromatic rings. The molecule has 0 aromatic heterocycles. The van der Waals surface area contributed by atoms with Crippen molar-refractivity contribution in [2.45, 2.75) is 107 Å². The second kappa shape index (κ2) is 6.38. The van der Waals surface area contributed by atoms with Gasteiger partial charge in [0.05, 0.1) is 0 Å². The third-order valence-electron chi connectivity index (χ3n) is 12.5. The predicted molar refractivity (Wildman–Crippen MR) is 130 cm³/mol. The van der Waals surface area contributed by atoms with E-state index in [1.165, 1.54) is 38.5 Å². The molecule has 5 aliphatic carbocycles. The van der Waals surface area contributed by atoms with Crippen LogP contribution < -0.4 is 0 Å². The molecule has 0 aliphatic heterocycles. The Balaban J connectivity index is 1.65. The molecular formula is C30H46O.